The van der Waals surface area contributed by atoms with Gasteiger partial charge in [-0.2, -0.15) is 0 Å². The third kappa shape index (κ3) is 3.43. The van der Waals surface area contributed by atoms with Gasteiger partial charge in [-0.05, 0) is 24.5 Å². The van der Waals surface area contributed by atoms with Crippen LogP contribution in [-0.2, 0) is 16.0 Å². The first-order valence-corrected chi connectivity index (χ1v) is 8.59. The van der Waals surface area contributed by atoms with E-state index in [1.807, 2.05) is 0 Å². The Labute approximate surface area is 141 Å². The molecule has 0 spiro atoms. The minimum atomic E-state index is -0.709. The lowest BCUT2D eigenvalue weighted by atomic mass is 9.97. The molecule has 1 aliphatic heterocycles. The van der Waals surface area contributed by atoms with Crippen molar-refractivity contribution in [3.8, 4) is 0 Å². The number of carbonyl (C=O) groups excluding carboxylic acids is 2. The number of hydrogen-bond acceptors (Lipinski definition) is 3. The van der Waals surface area contributed by atoms with Gasteiger partial charge in [0.2, 0.25) is 11.8 Å². The highest BCUT2D eigenvalue weighted by atomic mass is 19.1. The van der Waals surface area contributed by atoms with Crippen LogP contribution in [0.4, 0.5) is 4.39 Å². The van der Waals surface area contributed by atoms with Crippen molar-refractivity contribution in [3.63, 3.8) is 0 Å². The summed E-state index contributed by atoms with van der Waals surface area (Å²) >= 11 is 0. The van der Waals surface area contributed by atoms with Gasteiger partial charge in [0.05, 0.1) is 12.0 Å². The zero-order valence-corrected chi connectivity index (χ0v) is 13.8. The number of nitrogens with two attached hydrogens (primary N) is 1. The highest BCUT2D eigenvalue weighted by Crippen LogP contribution is 2.29. The summed E-state index contributed by atoms with van der Waals surface area (Å²) < 4.78 is 13.7. The third-order valence-electron chi connectivity index (χ3n) is 5.14. The Morgan fingerprint density at radius 3 is 2.25 bits per heavy atom. The average molecular weight is 333 g/mol. The number of rotatable bonds is 3. The van der Waals surface area contributed by atoms with Crippen molar-refractivity contribution >= 4 is 11.8 Å². The monoisotopic (exact) mass is 333 g/mol. The Morgan fingerprint density at radius 1 is 1.04 bits per heavy atom. The van der Waals surface area contributed by atoms with Crippen LogP contribution in [0.5, 0.6) is 0 Å². The topological polar surface area (TPSA) is 66.6 Å². The second kappa shape index (κ2) is 6.89. The third-order valence-corrected chi connectivity index (χ3v) is 5.14. The minimum absolute atomic E-state index is 0.0150. The first kappa shape index (κ1) is 16.9. The van der Waals surface area contributed by atoms with Crippen LogP contribution in [0.2, 0.25) is 0 Å². The van der Waals surface area contributed by atoms with E-state index in [-0.39, 0.29) is 24.1 Å². The molecule has 1 aromatic rings. The van der Waals surface area contributed by atoms with Crippen molar-refractivity contribution in [2.45, 2.75) is 37.6 Å². The van der Waals surface area contributed by atoms with Crippen LogP contribution in [0.3, 0.4) is 0 Å². The highest BCUT2D eigenvalue weighted by Gasteiger charge is 2.40. The molecule has 1 aromatic carbocycles. The summed E-state index contributed by atoms with van der Waals surface area (Å²) in [5.74, 6) is -0.442. The van der Waals surface area contributed by atoms with Crippen LogP contribution in [0.15, 0.2) is 24.3 Å². The molecule has 0 atom stereocenters. The van der Waals surface area contributed by atoms with E-state index >= 15 is 0 Å². The van der Waals surface area contributed by atoms with Gasteiger partial charge in [-0.1, -0.05) is 31.0 Å². The molecule has 3 rings (SSSR count). The molecule has 0 aromatic heterocycles. The van der Waals surface area contributed by atoms with Crippen molar-refractivity contribution in [3.05, 3.63) is 35.6 Å². The van der Waals surface area contributed by atoms with E-state index in [9.17, 15) is 14.0 Å². The molecule has 24 heavy (non-hydrogen) atoms. The van der Waals surface area contributed by atoms with Gasteiger partial charge in [0.25, 0.3) is 0 Å². The zero-order valence-electron chi connectivity index (χ0n) is 13.8. The fraction of sp³-hybridized carbons (Fsp3) is 0.556. The molecule has 1 saturated carbocycles. The molecule has 6 heteroatoms. The Bertz CT molecular complexity index is 620. The van der Waals surface area contributed by atoms with Crippen LogP contribution in [0.25, 0.3) is 0 Å². The van der Waals surface area contributed by atoms with Crippen molar-refractivity contribution in [1.82, 2.24) is 9.80 Å². The van der Waals surface area contributed by atoms with Gasteiger partial charge >= 0.3 is 0 Å². The number of carbonyl (C=O) groups is 2. The maximum atomic E-state index is 13.7. The van der Waals surface area contributed by atoms with Crippen molar-refractivity contribution in [2.75, 3.05) is 26.2 Å². The molecular weight excluding hydrogens is 309 g/mol. The fourth-order valence-electron chi connectivity index (χ4n) is 3.61. The first-order chi connectivity index (χ1) is 11.5. The molecule has 1 saturated heterocycles. The summed E-state index contributed by atoms with van der Waals surface area (Å²) in [7, 11) is 0. The van der Waals surface area contributed by atoms with Crippen LogP contribution in [0, 0.1) is 5.82 Å². The number of nitrogens with zero attached hydrogens (tertiary/aromatic N) is 2. The van der Waals surface area contributed by atoms with Crippen LogP contribution >= 0.6 is 0 Å². The first-order valence-electron chi connectivity index (χ1n) is 8.59. The standard InChI is InChI=1S/C18H24FN3O2/c19-15-6-2-1-5-14(15)13-16(23)21-9-11-22(12-10-21)17(24)18(20)7-3-4-8-18/h1-2,5-6H,3-4,7-13,20H2. The summed E-state index contributed by atoms with van der Waals surface area (Å²) in [6.07, 6.45) is 3.56. The molecule has 130 valence electrons. The number of benzene rings is 1. The Morgan fingerprint density at radius 2 is 1.62 bits per heavy atom. The SMILES string of the molecule is NC1(C(=O)N2CCN(C(=O)Cc3ccccc3F)CC2)CCCC1. The predicted molar refractivity (Wildman–Crippen MR) is 88.7 cm³/mol. The molecule has 1 aliphatic carbocycles. The number of piperazine rings is 1. The van der Waals surface area contributed by atoms with E-state index < -0.39 is 5.54 Å². The average Bonchev–Trinajstić information content (AvgIpc) is 3.04. The molecule has 2 amide bonds. The molecule has 0 unspecified atom stereocenters. The summed E-state index contributed by atoms with van der Waals surface area (Å²) in [6, 6.07) is 6.33. The second-order valence-electron chi connectivity index (χ2n) is 6.80. The minimum Gasteiger partial charge on any atom is -0.339 e. The van der Waals surface area contributed by atoms with Gasteiger partial charge < -0.3 is 15.5 Å². The lowest BCUT2D eigenvalue weighted by Crippen LogP contribution is -2.59. The quantitative estimate of drug-likeness (QED) is 0.907. The molecule has 2 aliphatic rings. The Hall–Kier alpha value is -1.95. The van der Waals surface area contributed by atoms with Gasteiger partial charge in [0.1, 0.15) is 5.82 Å². The maximum Gasteiger partial charge on any atom is 0.242 e. The van der Waals surface area contributed by atoms with E-state index in [0.29, 0.717) is 31.7 Å². The normalized spacial score (nSPS) is 20.2. The van der Waals surface area contributed by atoms with Crippen molar-refractivity contribution in [1.29, 1.82) is 0 Å². The lowest BCUT2D eigenvalue weighted by molar-refractivity contribution is -0.142. The van der Waals surface area contributed by atoms with Gasteiger partial charge in [0, 0.05) is 26.2 Å². The largest absolute Gasteiger partial charge is 0.339 e. The van der Waals surface area contributed by atoms with Crippen LogP contribution in [-0.4, -0.2) is 53.3 Å². The van der Waals surface area contributed by atoms with Crippen LogP contribution in [0.1, 0.15) is 31.2 Å². The molecule has 2 N–H and O–H groups in total. The van der Waals surface area contributed by atoms with Gasteiger partial charge in [-0.3, -0.25) is 9.59 Å². The van der Waals surface area contributed by atoms with E-state index in [4.69, 9.17) is 5.73 Å². The fourth-order valence-corrected chi connectivity index (χ4v) is 3.61. The molecule has 1 heterocycles. The maximum absolute atomic E-state index is 13.7. The molecule has 0 radical (unpaired) electrons. The number of amides is 2. The summed E-state index contributed by atoms with van der Waals surface area (Å²) in [5.41, 5.74) is 5.93. The van der Waals surface area contributed by atoms with Gasteiger partial charge in [-0.25, -0.2) is 4.39 Å². The number of halogens is 1. The van der Waals surface area contributed by atoms with Crippen molar-refractivity contribution < 1.29 is 14.0 Å². The smallest absolute Gasteiger partial charge is 0.242 e. The van der Waals surface area contributed by atoms with Crippen LogP contribution < -0.4 is 5.73 Å². The molecule has 5 nitrogen and oxygen atoms in total. The van der Waals surface area contributed by atoms with E-state index in [2.05, 4.69) is 0 Å². The number of hydrogen-bond donors (Lipinski definition) is 1. The summed E-state index contributed by atoms with van der Waals surface area (Å²) in [6.45, 7) is 1.96. The molecule has 0 bridgehead atoms. The second-order valence-corrected chi connectivity index (χ2v) is 6.80. The highest BCUT2D eigenvalue weighted by molar-refractivity contribution is 5.87. The molecule has 2 fully saturated rings. The molecular formula is C18H24FN3O2. The van der Waals surface area contributed by atoms with E-state index in [1.54, 1.807) is 28.0 Å². The summed E-state index contributed by atoms with van der Waals surface area (Å²) in [4.78, 5) is 28.4. The van der Waals surface area contributed by atoms with Crippen molar-refractivity contribution in [2.24, 2.45) is 5.73 Å². The van der Waals surface area contributed by atoms with E-state index in [0.717, 1.165) is 25.7 Å². The van der Waals surface area contributed by atoms with E-state index in [1.165, 1.54) is 6.07 Å². The Balaban J connectivity index is 1.54. The lowest BCUT2D eigenvalue weighted by Gasteiger charge is -2.38. The van der Waals surface area contributed by atoms with Gasteiger partial charge in [0.15, 0.2) is 0 Å². The van der Waals surface area contributed by atoms with Gasteiger partial charge in [-0.15, -0.1) is 0 Å². The predicted octanol–water partition coefficient (Wildman–Crippen LogP) is 1.31. The summed E-state index contributed by atoms with van der Waals surface area (Å²) in [5, 5.41) is 0. The zero-order chi connectivity index (χ0) is 17.2. The Kier molecular flexibility index (Phi) is 4.85.